The quantitative estimate of drug-likeness (QED) is 0.779. The van der Waals surface area contributed by atoms with Crippen molar-refractivity contribution < 1.29 is 0 Å². The number of nitrogens with one attached hydrogen (secondary N) is 1. The molecule has 5 heteroatoms. The van der Waals surface area contributed by atoms with E-state index in [1.807, 2.05) is 55.4 Å². The summed E-state index contributed by atoms with van der Waals surface area (Å²) in [6, 6.07) is 8.15. The van der Waals surface area contributed by atoms with Crippen molar-refractivity contribution >= 4 is 11.0 Å². The molecule has 21 heavy (non-hydrogen) atoms. The highest BCUT2D eigenvalue weighted by atomic mass is 15.2. The fraction of sp³-hybridized carbons (Fsp3) is 0.312. The van der Waals surface area contributed by atoms with Crippen LogP contribution < -0.4 is 5.32 Å². The number of hydrogen-bond donors (Lipinski definition) is 1. The highest BCUT2D eigenvalue weighted by Gasteiger charge is 2.12. The molecule has 1 N–H and O–H groups in total. The highest BCUT2D eigenvalue weighted by molar-refractivity contribution is 5.73. The van der Waals surface area contributed by atoms with Crippen molar-refractivity contribution in [2.45, 2.75) is 18.9 Å². The van der Waals surface area contributed by atoms with Crippen LogP contribution in [0.5, 0.6) is 0 Å². The summed E-state index contributed by atoms with van der Waals surface area (Å²) >= 11 is 0. The highest BCUT2D eigenvalue weighted by Crippen LogP contribution is 2.18. The predicted molar refractivity (Wildman–Crippen MR) is 82.9 cm³/mol. The molecule has 5 nitrogen and oxygen atoms in total. The van der Waals surface area contributed by atoms with Gasteiger partial charge >= 0.3 is 0 Å². The molecule has 1 aromatic carbocycles. The van der Waals surface area contributed by atoms with E-state index in [0.29, 0.717) is 0 Å². The number of aromatic nitrogens is 4. The molecule has 2 aromatic heterocycles. The van der Waals surface area contributed by atoms with Gasteiger partial charge in [0, 0.05) is 13.2 Å². The van der Waals surface area contributed by atoms with Crippen molar-refractivity contribution in [1.29, 1.82) is 0 Å². The van der Waals surface area contributed by atoms with Gasteiger partial charge < -0.3 is 5.32 Å². The Labute approximate surface area is 124 Å². The van der Waals surface area contributed by atoms with Gasteiger partial charge in [0.2, 0.25) is 0 Å². The minimum absolute atomic E-state index is 0.197. The first-order chi connectivity index (χ1) is 10.3. The van der Waals surface area contributed by atoms with Gasteiger partial charge in [-0.3, -0.25) is 9.67 Å². The Bertz CT molecular complexity index is 734. The Morgan fingerprint density at radius 1 is 1.19 bits per heavy atom. The molecular formula is C16H19N5. The van der Waals surface area contributed by atoms with Crippen LogP contribution in [0.1, 0.15) is 23.7 Å². The van der Waals surface area contributed by atoms with E-state index in [9.17, 15) is 0 Å². The minimum Gasteiger partial charge on any atom is -0.312 e. The van der Waals surface area contributed by atoms with E-state index in [-0.39, 0.29) is 6.04 Å². The van der Waals surface area contributed by atoms with Crippen molar-refractivity contribution in [2.24, 2.45) is 7.05 Å². The molecule has 0 saturated carbocycles. The molecule has 1 atom stereocenters. The van der Waals surface area contributed by atoms with E-state index >= 15 is 0 Å². The van der Waals surface area contributed by atoms with Crippen LogP contribution in [-0.2, 0) is 13.5 Å². The molecule has 3 aromatic rings. The summed E-state index contributed by atoms with van der Waals surface area (Å²) in [5.74, 6) is 0. The number of nitrogens with zero attached hydrogens (tertiary/aromatic N) is 4. The summed E-state index contributed by atoms with van der Waals surface area (Å²) in [6.45, 7) is 0. The molecule has 0 fully saturated rings. The number of hydrogen-bond acceptors (Lipinski definition) is 4. The lowest BCUT2D eigenvalue weighted by atomic mass is 10.1. The van der Waals surface area contributed by atoms with Crippen LogP contribution in [0.25, 0.3) is 11.0 Å². The molecule has 0 bridgehead atoms. The number of aryl methyl sites for hydroxylation is 2. The molecule has 3 rings (SSSR count). The molecule has 0 aliphatic rings. The van der Waals surface area contributed by atoms with Gasteiger partial charge in [0.1, 0.15) is 0 Å². The van der Waals surface area contributed by atoms with Gasteiger partial charge in [0.15, 0.2) is 0 Å². The van der Waals surface area contributed by atoms with E-state index in [2.05, 4.69) is 21.6 Å². The Morgan fingerprint density at radius 3 is 2.71 bits per heavy atom. The van der Waals surface area contributed by atoms with Crippen LogP contribution >= 0.6 is 0 Å². The maximum Gasteiger partial charge on any atom is 0.0890 e. The lowest BCUT2D eigenvalue weighted by molar-refractivity contribution is 0.535. The van der Waals surface area contributed by atoms with Gasteiger partial charge in [-0.05, 0) is 37.6 Å². The molecular weight excluding hydrogens is 262 g/mol. The number of fused-ring (bicyclic) bond motifs is 1. The van der Waals surface area contributed by atoms with E-state index in [1.54, 1.807) is 0 Å². The third-order valence-corrected chi connectivity index (χ3v) is 3.65. The summed E-state index contributed by atoms with van der Waals surface area (Å²) < 4.78 is 1.83. The average Bonchev–Trinajstić information content (AvgIpc) is 2.93. The Kier molecular flexibility index (Phi) is 3.92. The largest absolute Gasteiger partial charge is 0.312 e. The SMILES string of the molecule is CNC(CCc1cnn(C)c1)c1cnc2ccccc2n1. The zero-order valence-electron chi connectivity index (χ0n) is 12.3. The monoisotopic (exact) mass is 281 g/mol. The molecule has 0 radical (unpaired) electrons. The smallest absolute Gasteiger partial charge is 0.0890 e. The summed E-state index contributed by atoms with van der Waals surface area (Å²) in [7, 11) is 3.90. The van der Waals surface area contributed by atoms with E-state index in [4.69, 9.17) is 4.98 Å². The van der Waals surface area contributed by atoms with Crippen LogP contribution in [-0.4, -0.2) is 26.8 Å². The Morgan fingerprint density at radius 2 is 2.00 bits per heavy atom. The van der Waals surface area contributed by atoms with Gasteiger partial charge in [0.25, 0.3) is 0 Å². The number of rotatable bonds is 5. The summed E-state index contributed by atoms with van der Waals surface area (Å²) in [5, 5.41) is 7.53. The van der Waals surface area contributed by atoms with Gasteiger partial charge in [-0.2, -0.15) is 5.10 Å². The van der Waals surface area contributed by atoms with Crippen LogP contribution in [0.3, 0.4) is 0 Å². The Hall–Kier alpha value is -2.27. The zero-order valence-corrected chi connectivity index (χ0v) is 12.3. The van der Waals surface area contributed by atoms with Crippen molar-refractivity contribution in [2.75, 3.05) is 7.05 Å². The second kappa shape index (κ2) is 6.01. The molecule has 0 aliphatic heterocycles. The van der Waals surface area contributed by atoms with Crippen molar-refractivity contribution in [3.63, 3.8) is 0 Å². The van der Waals surface area contributed by atoms with Gasteiger partial charge in [0.05, 0.1) is 35.2 Å². The fourth-order valence-electron chi connectivity index (χ4n) is 2.49. The molecule has 1 unspecified atom stereocenters. The third kappa shape index (κ3) is 3.08. The summed E-state index contributed by atoms with van der Waals surface area (Å²) in [6.07, 6.45) is 7.77. The van der Waals surface area contributed by atoms with Crippen molar-refractivity contribution in [3.8, 4) is 0 Å². The number of benzene rings is 1. The lowest BCUT2D eigenvalue weighted by Gasteiger charge is -2.15. The maximum absolute atomic E-state index is 4.72. The first kappa shape index (κ1) is 13.7. The normalized spacial score (nSPS) is 12.7. The van der Waals surface area contributed by atoms with E-state index in [1.165, 1.54) is 5.56 Å². The molecule has 0 aliphatic carbocycles. The minimum atomic E-state index is 0.197. The maximum atomic E-state index is 4.72. The Balaban J connectivity index is 1.77. The van der Waals surface area contributed by atoms with Gasteiger partial charge in [-0.15, -0.1) is 0 Å². The van der Waals surface area contributed by atoms with Crippen LogP contribution in [0.2, 0.25) is 0 Å². The van der Waals surface area contributed by atoms with Gasteiger partial charge in [-0.1, -0.05) is 12.1 Å². The van der Waals surface area contributed by atoms with Crippen LogP contribution in [0.4, 0.5) is 0 Å². The predicted octanol–water partition coefficient (Wildman–Crippen LogP) is 2.26. The van der Waals surface area contributed by atoms with Crippen LogP contribution in [0.15, 0.2) is 42.9 Å². The second-order valence-electron chi connectivity index (χ2n) is 5.19. The molecule has 0 amide bonds. The second-order valence-corrected chi connectivity index (χ2v) is 5.19. The molecule has 0 spiro atoms. The standard InChI is InChI=1S/C16H19N5/c1-17-13(8-7-12-9-19-21(2)11-12)16-10-18-14-5-3-4-6-15(14)20-16/h3-6,9-11,13,17H,7-8H2,1-2H3. The van der Waals surface area contributed by atoms with Gasteiger partial charge in [-0.25, -0.2) is 4.98 Å². The van der Waals surface area contributed by atoms with Crippen LogP contribution in [0, 0.1) is 0 Å². The lowest BCUT2D eigenvalue weighted by Crippen LogP contribution is -2.18. The van der Waals surface area contributed by atoms with Crippen molar-refractivity contribution in [1.82, 2.24) is 25.1 Å². The molecule has 0 saturated heterocycles. The summed E-state index contributed by atoms with van der Waals surface area (Å²) in [4.78, 5) is 9.21. The van der Waals surface area contributed by atoms with Crippen molar-refractivity contribution in [3.05, 3.63) is 54.1 Å². The fourth-order valence-corrected chi connectivity index (χ4v) is 2.49. The topological polar surface area (TPSA) is 55.6 Å². The molecule has 2 heterocycles. The first-order valence-corrected chi connectivity index (χ1v) is 7.13. The number of para-hydroxylation sites is 2. The summed E-state index contributed by atoms with van der Waals surface area (Å²) in [5.41, 5.74) is 4.10. The third-order valence-electron chi connectivity index (χ3n) is 3.65. The first-order valence-electron chi connectivity index (χ1n) is 7.13. The average molecular weight is 281 g/mol. The zero-order chi connectivity index (χ0) is 14.7. The van der Waals surface area contributed by atoms with E-state index in [0.717, 1.165) is 29.6 Å². The molecule has 108 valence electrons. The van der Waals surface area contributed by atoms with E-state index < -0.39 is 0 Å².